The molecule has 1 aromatic heterocycles. The molecule has 0 radical (unpaired) electrons. The summed E-state index contributed by atoms with van der Waals surface area (Å²) >= 11 is 0. The molecule has 0 spiro atoms. The fourth-order valence-electron chi connectivity index (χ4n) is 2.88. The lowest BCUT2D eigenvalue weighted by Crippen LogP contribution is -2.10. The number of nitrogens with two attached hydrogens (primary N) is 1. The Labute approximate surface area is 156 Å². The van der Waals surface area contributed by atoms with Crippen molar-refractivity contribution < 1.29 is 0 Å². The van der Waals surface area contributed by atoms with Gasteiger partial charge in [-0.05, 0) is 36.2 Å². The van der Waals surface area contributed by atoms with Crippen molar-refractivity contribution >= 4 is 35.8 Å². The Balaban J connectivity index is 0.00000144. The molecule has 0 bridgehead atoms. The minimum absolute atomic E-state index is 0. The maximum atomic E-state index is 5.75. The molecule has 2 N–H and O–H groups in total. The lowest BCUT2D eigenvalue weighted by molar-refractivity contribution is 0.615. The summed E-state index contributed by atoms with van der Waals surface area (Å²) in [7, 11) is 0. The average Bonchev–Trinajstić information content (AvgIpc) is 2.90. The summed E-state index contributed by atoms with van der Waals surface area (Å²) in [5.41, 5.74) is 10.5. The van der Waals surface area contributed by atoms with Gasteiger partial charge in [-0.25, -0.2) is 4.98 Å². The Kier molecular flexibility index (Phi) is 8.26. The van der Waals surface area contributed by atoms with Gasteiger partial charge in [-0.2, -0.15) is 0 Å². The zero-order valence-corrected chi connectivity index (χ0v) is 15.6. The molecular formula is C19H25Cl2N3. The van der Waals surface area contributed by atoms with Crippen LogP contribution in [0.4, 0.5) is 0 Å². The van der Waals surface area contributed by atoms with Gasteiger partial charge >= 0.3 is 0 Å². The first-order valence-corrected chi connectivity index (χ1v) is 8.08. The lowest BCUT2D eigenvalue weighted by Gasteiger charge is -2.08. The molecule has 3 rings (SSSR count). The zero-order valence-electron chi connectivity index (χ0n) is 13.9. The first-order chi connectivity index (χ1) is 10.8. The molecule has 0 aliphatic carbocycles. The van der Waals surface area contributed by atoms with Crippen molar-refractivity contribution in [1.82, 2.24) is 9.55 Å². The van der Waals surface area contributed by atoms with Crippen LogP contribution in [0.25, 0.3) is 22.2 Å². The van der Waals surface area contributed by atoms with Crippen LogP contribution in [0, 0.1) is 0 Å². The third-order valence-corrected chi connectivity index (χ3v) is 4.04. The fraction of sp³-hybridized carbons (Fsp3) is 0.316. The summed E-state index contributed by atoms with van der Waals surface area (Å²) in [5.74, 6) is 1.11. The topological polar surface area (TPSA) is 43.8 Å². The van der Waals surface area contributed by atoms with E-state index in [9.17, 15) is 0 Å². The van der Waals surface area contributed by atoms with E-state index in [1.807, 2.05) is 6.07 Å². The molecule has 3 aromatic rings. The standard InChI is InChI=1S/C19H23N3.2ClH/c1-2-3-13-22-18-10-9-16(15-7-5-4-6-8-15)14-17(18)21-19(22)11-12-20;;/h4-10,14H,2-3,11-13,20H2,1H3;2*1H. The van der Waals surface area contributed by atoms with Crippen molar-refractivity contribution in [2.24, 2.45) is 5.73 Å². The van der Waals surface area contributed by atoms with Gasteiger partial charge in [0.1, 0.15) is 5.82 Å². The van der Waals surface area contributed by atoms with Crippen LogP contribution < -0.4 is 5.73 Å². The van der Waals surface area contributed by atoms with Gasteiger partial charge in [0.15, 0.2) is 0 Å². The normalized spacial score (nSPS) is 10.2. The molecule has 1 heterocycles. The smallest absolute Gasteiger partial charge is 0.111 e. The van der Waals surface area contributed by atoms with E-state index in [1.54, 1.807) is 0 Å². The predicted octanol–water partition coefficient (Wildman–Crippen LogP) is 4.85. The van der Waals surface area contributed by atoms with Gasteiger partial charge in [0.05, 0.1) is 11.0 Å². The quantitative estimate of drug-likeness (QED) is 0.678. The molecule has 24 heavy (non-hydrogen) atoms. The van der Waals surface area contributed by atoms with E-state index < -0.39 is 0 Å². The Hall–Kier alpha value is -1.55. The highest BCUT2D eigenvalue weighted by Gasteiger charge is 2.10. The van der Waals surface area contributed by atoms with E-state index in [-0.39, 0.29) is 24.8 Å². The van der Waals surface area contributed by atoms with Crippen LogP contribution in [-0.4, -0.2) is 16.1 Å². The Morgan fingerprint density at radius 2 is 1.75 bits per heavy atom. The summed E-state index contributed by atoms with van der Waals surface area (Å²) in [5, 5.41) is 0. The molecule has 0 unspecified atom stereocenters. The van der Waals surface area contributed by atoms with E-state index >= 15 is 0 Å². The monoisotopic (exact) mass is 365 g/mol. The van der Waals surface area contributed by atoms with Crippen molar-refractivity contribution in [2.45, 2.75) is 32.7 Å². The first-order valence-electron chi connectivity index (χ1n) is 8.08. The number of rotatable bonds is 6. The Morgan fingerprint density at radius 1 is 1.00 bits per heavy atom. The van der Waals surface area contributed by atoms with E-state index in [2.05, 4.69) is 54.0 Å². The van der Waals surface area contributed by atoms with Gasteiger partial charge < -0.3 is 10.3 Å². The van der Waals surface area contributed by atoms with Crippen molar-refractivity contribution in [3.8, 4) is 11.1 Å². The second-order valence-electron chi connectivity index (χ2n) is 5.64. The van der Waals surface area contributed by atoms with Gasteiger partial charge in [-0.15, -0.1) is 24.8 Å². The van der Waals surface area contributed by atoms with Crippen LogP contribution in [0.1, 0.15) is 25.6 Å². The predicted molar refractivity (Wildman–Crippen MR) is 107 cm³/mol. The highest BCUT2D eigenvalue weighted by atomic mass is 35.5. The van der Waals surface area contributed by atoms with Crippen molar-refractivity contribution in [3.63, 3.8) is 0 Å². The second-order valence-corrected chi connectivity index (χ2v) is 5.64. The third-order valence-electron chi connectivity index (χ3n) is 4.04. The molecule has 0 saturated heterocycles. The van der Waals surface area contributed by atoms with Crippen LogP contribution >= 0.6 is 24.8 Å². The molecule has 0 fully saturated rings. The zero-order chi connectivity index (χ0) is 15.4. The molecule has 0 aliphatic rings. The van der Waals surface area contributed by atoms with Crippen LogP contribution in [0.15, 0.2) is 48.5 Å². The molecule has 130 valence electrons. The van der Waals surface area contributed by atoms with Crippen LogP contribution in [-0.2, 0) is 13.0 Å². The number of fused-ring (bicyclic) bond motifs is 1. The maximum absolute atomic E-state index is 5.75. The summed E-state index contributed by atoms with van der Waals surface area (Å²) in [4.78, 5) is 4.82. The highest BCUT2D eigenvalue weighted by molar-refractivity contribution is 5.85. The van der Waals surface area contributed by atoms with Crippen molar-refractivity contribution in [3.05, 3.63) is 54.4 Å². The number of benzene rings is 2. The molecule has 5 heteroatoms. The number of unbranched alkanes of at least 4 members (excludes halogenated alkanes) is 1. The number of imidazole rings is 1. The van der Waals surface area contributed by atoms with E-state index in [1.165, 1.54) is 29.5 Å². The van der Waals surface area contributed by atoms with Crippen molar-refractivity contribution in [2.75, 3.05) is 6.54 Å². The van der Waals surface area contributed by atoms with E-state index in [0.29, 0.717) is 6.54 Å². The third kappa shape index (κ3) is 4.29. The number of nitrogens with zero attached hydrogens (tertiary/aromatic N) is 2. The molecule has 0 amide bonds. The number of halogens is 2. The van der Waals surface area contributed by atoms with Gasteiger partial charge in [-0.1, -0.05) is 49.7 Å². The number of aryl methyl sites for hydroxylation is 1. The van der Waals surface area contributed by atoms with Crippen LogP contribution in [0.2, 0.25) is 0 Å². The Morgan fingerprint density at radius 3 is 2.42 bits per heavy atom. The minimum Gasteiger partial charge on any atom is -0.330 e. The highest BCUT2D eigenvalue weighted by Crippen LogP contribution is 2.25. The number of hydrogen-bond acceptors (Lipinski definition) is 2. The number of hydrogen-bond donors (Lipinski definition) is 1. The average molecular weight is 366 g/mol. The van der Waals surface area contributed by atoms with Crippen molar-refractivity contribution in [1.29, 1.82) is 0 Å². The molecule has 0 atom stereocenters. The molecular weight excluding hydrogens is 341 g/mol. The van der Waals surface area contributed by atoms with E-state index in [0.717, 1.165) is 24.3 Å². The summed E-state index contributed by atoms with van der Waals surface area (Å²) in [6.45, 7) is 3.88. The maximum Gasteiger partial charge on any atom is 0.111 e. The van der Waals surface area contributed by atoms with Gasteiger partial charge in [-0.3, -0.25) is 0 Å². The van der Waals surface area contributed by atoms with Gasteiger partial charge in [0.25, 0.3) is 0 Å². The van der Waals surface area contributed by atoms with E-state index in [4.69, 9.17) is 10.7 Å². The summed E-state index contributed by atoms with van der Waals surface area (Å²) in [6.07, 6.45) is 3.19. The van der Waals surface area contributed by atoms with Gasteiger partial charge in [0.2, 0.25) is 0 Å². The largest absolute Gasteiger partial charge is 0.330 e. The summed E-state index contributed by atoms with van der Waals surface area (Å²) < 4.78 is 2.33. The molecule has 0 saturated carbocycles. The molecule has 2 aromatic carbocycles. The number of aromatic nitrogens is 2. The van der Waals surface area contributed by atoms with Crippen LogP contribution in [0.3, 0.4) is 0 Å². The lowest BCUT2D eigenvalue weighted by atomic mass is 10.1. The minimum atomic E-state index is 0. The SMILES string of the molecule is CCCCn1c(CCN)nc2cc(-c3ccccc3)ccc21.Cl.Cl. The van der Waals surface area contributed by atoms with Crippen LogP contribution in [0.5, 0.6) is 0 Å². The second kappa shape index (κ2) is 9.67. The Bertz CT molecular complexity index is 754. The summed E-state index contributed by atoms with van der Waals surface area (Å²) in [6, 6.07) is 17.0. The molecule has 3 nitrogen and oxygen atoms in total. The first kappa shape index (κ1) is 20.5. The fourth-order valence-corrected chi connectivity index (χ4v) is 2.88. The molecule has 0 aliphatic heterocycles. The van der Waals surface area contributed by atoms with Gasteiger partial charge in [0, 0.05) is 13.0 Å².